The van der Waals surface area contributed by atoms with Crippen molar-refractivity contribution in [3.05, 3.63) is 97.1 Å². The van der Waals surface area contributed by atoms with E-state index in [1.807, 2.05) is 84.9 Å². The first-order valence-corrected chi connectivity index (χ1v) is 13.6. The van der Waals surface area contributed by atoms with Crippen LogP contribution >= 0.6 is 0 Å². The molecule has 7 aromatic rings. The van der Waals surface area contributed by atoms with Gasteiger partial charge in [-0.15, -0.1) is 0 Å². The van der Waals surface area contributed by atoms with Gasteiger partial charge >= 0.3 is 21.0 Å². The Morgan fingerprint density at radius 2 is 0.786 bits per heavy atom. The number of aromatic nitrogens is 8. The summed E-state index contributed by atoms with van der Waals surface area (Å²) < 4.78 is 8.19. The Balaban J connectivity index is 0.00000131. The summed E-state index contributed by atoms with van der Waals surface area (Å²) in [5, 5.41) is 3.44. The molecule has 10 heteroatoms. The molecule has 2 N–H and O–H groups in total. The fourth-order valence-electron chi connectivity index (χ4n) is 5.44. The maximum absolute atomic E-state index is 8.19. The van der Waals surface area contributed by atoms with Gasteiger partial charge < -0.3 is 9.97 Å². The molecule has 5 heterocycles. The second-order valence-electron chi connectivity index (χ2n) is 9.62. The summed E-state index contributed by atoms with van der Waals surface area (Å²) in [5.41, 5.74) is 6.17. The fraction of sp³-hybridized carbons (Fsp3) is 0. The van der Waals surface area contributed by atoms with Gasteiger partial charge in [-0.25, -0.2) is 44.2 Å². The van der Waals surface area contributed by atoms with Crippen LogP contribution in [-0.4, -0.2) is 39.9 Å². The van der Waals surface area contributed by atoms with Gasteiger partial charge in [0.25, 0.3) is 0 Å². The van der Waals surface area contributed by atoms with E-state index in [1.54, 1.807) is 0 Å². The summed E-state index contributed by atoms with van der Waals surface area (Å²) >= 11 is 1.06. The van der Waals surface area contributed by atoms with E-state index >= 15 is 0 Å². The van der Waals surface area contributed by atoms with Crippen LogP contribution in [0.15, 0.2) is 84.9 Å². The average molecular weight is 579 g/mol. The van der Waals surface area contributed by atoms with Crippen molar-refractivity contribution in [1.29, 1.82) is 0 Å². The zero-order valence-electron chi connectivity index (χ0n) is 21.6. The van der Waals surface area contributed by atoms with E-state index in [0.717, 1.165) is 61.2 Å². The van der Waals surface area contributed by atoms with Gasteiger partial charge in [0.1, 0.15) is 11.3 Å². The summed E-state index contributed by atoms with van der Waals surface area (Å²) in [7, 11) is 0. The van der Waals surface area contributed by atoms with Crippen molar-refractivity contribution in [1.82, 2.24) is 39.9 Å². The number of benzene rings is 4. The SMILES string of the molecule is [O]=[V+2].[c-]1cc[c-]c2c3nc4nc(nc5[nH]c(nc6nc(nc([nH]3)c12)-c1ccccc1-6)c1ccccc51)-c1ccccc1-4. The molecule has 8 bridgehead atoms. The number of fused-ring (bicyclic) bond motifs is 20. The molecule has 0 atom stereocenters. The third-order valence-corrected chi connectivity index (χ3v) is 7.29. The van der Waals surface area contributed by atoms with Gasteiger partial charge in [0, 0.05) is 44.3 Å². The number of hydrogen-bond donors (Lipinski definition) is 2. The number of H-pyrrole nitrogens is 2. The van der Waals surface area contributed by atoms with Gasteiger partial charge in [0.2, 0.25) is 0 Å². The zero-order chi connectivity index (χ0) is 28.2. The van der Waals surface area contributed by atoms with Crippen molar-refractivity contribution in [3.63, 3.8) is 0 Å². The van der Waals surface area contributed by atoms with Gasteiger partial charge in [0.05, 0.1) is 0 Å². The summed E-state index contributed by atoms with van der Waals surface area (Å²) in [6.07, 6.45) is 0. The normalized spacial score (nSPS) is 11.6. The van der Waals surface area contributed by atoms with Crippen LogP contribution < -0.4 is 0 Å². The monoisotopic (exact) mass is 579 g/mol. The molecule has 0 saturated heterocycles. The number of nitrogens with one attached hydrogen (secondary N) is 2. The molecule has 0 radical (unpaired) electrons. The number of nitrogens with zero attached hydrogens (tertiary/aromatic N) is 6. The van der Waals surface area contributed by atoms with Gasteiger partial charge in [-0.3, -0.25) is 9.97 Å². The number of aromatic amines is 2. The molecular weight excluding hydrogens is 563 g/mol. The molecule has 195 valence electrons. The molecule has 2 aliphatic heterocycles. The molecule has 0 aliphatic carbocycles. The largest absolute Gasteiger partial charge is 0.420 e. The smallest absolute Gasteiger partial charge is 0.164 e. The molecule has 0 unspecified atom stereocenters. The van der Waals surface area contributed by atoms with Crippen molar-refractivity contribution in [2.24, 2.45) is 0 Å². The molecular formula is C32H16N8OV. The van der Waals surface area contributed by atoms with E-state index in [1.165, 1.54) is 0 Å². The summed E-state index contributed by atoms with van der Waals surface area (Å²) in [6.45, 7) is 0. The Hall–Kier alpha value is -5.38. The van der Waals surface area contributed by atoms with Crippen LogP contribution in [-0.2, 0) is 21.0 Å². The molecule has 0 saturated carbocycles. The van der Waals surface area contributed by atoms with Crippen molar-refractivity contribution in [2.45, 2.75) is 0 Å². The fourth-order valence-corrected chi connectivity index (χ4v) is 5.44. The van der Waals surface area contributed by atoms with Crippen LogP contribution in [0.3, 0.4) is 0 Å². The minimum Gasteiger partial charge on any atom is -0.420 e. The third kappa shape index (κ3) is 3.72. The van der Waals surface area contributed by atoms with Crippen molar-refractivity contribution < 1.29 is 21.0 Å². The molecule has 9 rings (SSSR count). The van der Waals surface area contributed by atoms with E-state index in [0.29, 0.717) is 45.9 Å². The molecule has 0 spiro atoms. The second-order valence-corrected chi connectivity index (χ2v) is 9.62. The molecule has 0 fully saturated rings. The Morgan fingerprint density at radius 1 is 0.452 bits per heavy atom. The Morgan fingerprint density at radius 3 is 1.19 bits per heavy atom. The third-order valence-electron chi connectivity index (χ3n) is 7.29. The van der Waals surface area contributed by atoms with E-state index in [2.05, 4.69) is 22.1 Å². The van der Waals surface area contributed by atoms with Gasteiger partial charge in [-0.2, -0.15) is 10.8 Å². The summed E-state index contributed by atoms with van der Waals surface area (Å²) in [6, 6.07) is 34.3. The number of rotatable bonds is 0. The van der Waals surface area contributed by atoms with Crippen LogP contribution in [0.1, 0.15) is 0 Å². The van der Waals surface area contributed by atoms with E-state index in [9.17, 15) is 0 Å². The van der Waals surface area contributed by atoms with Crippen LogP contribution in [0.5, 0.6) is 0 Å². The predicted molar refractivity (Wildman–Crippen MR) is 154 cm³/mol. The van der Waals surface area contributed by atoms with E-state index in [-0.39, 0.29) is 0 Å². The van der Waals surface area contributed by atoms with E-state index < -0.39 is 0 Å². The van der Waals surface area contributed by atoms with Crippen molar-refractivity contribution >= 4 is 44.1 Å². The Labute approximate surface area is 247 Å². The van der Waals surface area contributed by atoms with Crippen LogP contribution in [0.25, 0.3) is 89.7 Å². The van der Waals surface area contributed by atoms with Gasteiger partial charge in [-0.05, 0) is 0 Å². The summed E-state index contributed by atoms with van der Waals surface area (Å²) in [5.74, 6) is 2.28. The van der Waals surface area contributed by atoms with Crippen molar-refractivity contribution in [2.75, 3.05) is 0 Å². The summed E-state index contributed by atoms with van der Waals surface area (Å²) in [4.78, 5) is 36.5. The first-order chi connectivity index (χ1) is 20.8. The maximum atomic E-state index is 8.19. The standard InChI is InChI=1S/C32H16N8.O.V/c1-2-10-18-17(9-1)25-33-26(18)38-28-21-13-5-6-14-22(21)30(35-28)40-32-24-16-8-7-15-23(24)31(36-32)39-29-20-12-4-3-11-19(20)27(34-29)37-25;;/h1-14H,(H2,33,34,35,36,37,38,39,40);;/q-2;;+2. The zero-order valence-corrected chi connectivity index (χ0v) is 23.0. The maximum Gasteiger partial charge on any atom is 0.164 e. The predicted octanol–water partition coefficient (Wildman–Crippen LogP) is 6.35. The molecule has 3 aromatic heterocycles. The molecule has 42 heavy (non-hydrogen) atoms. The molecule has 0 amide bonds. The minimum absolute atomic E-state index is 0.563. The number of hydrogen-bond acceptors (Lipinski definition) is 7. The van der Waals surface area contributed by atoms with Gasteiger partial charge in [0.15, 0.2) is 23.3 Å². The Kier molecular flexibility index (Phi) is 5.60. The average Bonchev–Trinajstić information content (AvgIpc) is 3.78. The van der Waals surface area contributed by atoms with Crippen LogP contribution in [0, 0.1) is 12.1 Å². The molecule has 9 nitrogen and oxygen atoms in total. The first-order valence-electron chi connectivity index (χ1n) is 13.0. The molecule has 4 aromatic carbocycles. The topological polar surface area (TPSA) is 126 Å². The van der Waals surface area contributed by atoms with Crippen molar-refractivity contribution in [3.8, 4) is 45.6 Å². The quantitative estimate of drug-likeness (QED) is 0.201. The Bertz CT molecular complexity index is 2060. The van der Waals surface area contributed by atoms with E-state index in [4.69, 9.17) is 33.6 Å². The second kappa shape index (κ2) is 9.62. The molecule has 2 aliphatic rings. The van der Waals surface area contributed by atoms with Crippen LogP contribution in [0.4, 0.5) is 0 Å². The first kappa shape index (κ1) is 24.4. The van der Waals surface area contributed by atoms with Crippen LogP contribution in [0.2, 0.25) is 0 Å². The van der Waals surface area contributed by atoms with Gasteiger partial charge in [-0.1, -0.05) is 72.8 Å². The minimum atomic E-state index is 0.563.